The van der Waals surface area contributed by atoms with Crippen molar-refractivity contribution in [3.05, 3.63) is 24.0 Å². The van der Waals surface area contributed by atoms with E-state index in [9.17, 15) is 0 Å². The molecule has 0 saturated carbocycles. The topological polar surface area (TPSA) is 31.4 Å². The molecule has 0 aliphatic carbocycles. The first-order chi connectivity index (χ1) is 7.86. The molecule has 3 heteroatoms. The summed E-state index contributed by atoms with van der Waals surface area (Å²) in [5.74, 6) is 0.864. The Kier molecular flexibility index (Phi) is 5.86. The lowest BCUT2D eigenvalue weighted by molar-refractivity contribution is 0.0676. The van der Waals surface area contributed by atoms with Gasteiger partial charge in [0.25, 0.3) is 0 Å². The Hall–Kier alpha value is -1.09. The van der Waals surface area contributed by atoms with Crippen LogP contribution < -0.4 is 4.74 Å². The van der Waals surface area contributed by atoms with Crippen LogP contribution in [0.15, 0.2) is 18.5 Å². The number of pyridine rings is 1. The van der Waals surface area contributed by atoms with Crippen molar-refractivity contribution < 1.29 is 9.47 Å². The van der Waals surface area contributed by atoms with Crippen molar-refractivity contribution in [2.75, 3.05) is 13.2 Å². The SMILES string of the molecule is CC.Cc1ccncc1OCC1CCCO1. The van der Waals surface area contributed by atoms with Crippen LogP contribution in [0.1, 0.15) is 32.3 Å². The summed E-state index contributed by atoms with van der Waals surface area (Å²) < 4.78 is 11.1. The number of hydrogen-bond donors (Lipinski definition) is 0. The van der Waals surface area contributed by atoms with Crippen LogP contribution in [0, 0.1) is 6.92 Å². The van der Waals surface area contributed by atoms with Crippen LogP contribution >= 0.6 is 0 Å². The number of nitrogens with zero attached hydrogens (tertiary/aromatic N) is 1. The van der Waals surface area contributed by atoms with Crippen molar-refractivity contribution in [3.63, 3.8) is 0 Å². The average molecular weight is 223 g/mol. The van der Waals surface area contributed by atoms with Crippen molar-refractivity contribution in [1.82, 2.24) is 4.98 Å². The van der Waals surface area contributed by atoms with E-state index in [1.807, 2.05) is 26.8 Å². The molecule has 0 aromatic carbocycles. The van der Waals surface area contributed by atoms with Gasteiger partial charge in [0.15, 0.2) is 0 Å². The maximum absolute atomic E-state index is 5.63. The van der Waals surface area contributed by atoms with Gasteiger partial charge in [0.05, 0.1) is 12.3 Å². The fraction of sp³-hybridized carbons (Fsp3) is 0.615. The van der Waals surface area contributed by atoms with E-state index in [1.165, 1.54) is 0 Å². The minimum Gasteiger partial charge on any atom is -0.489 e. The number of ether oxygens (including phenoxy) is 2. The summed E-state index contributed by atoms with van der Waals surface area (Å²) in [6.07, 6.45) is 6.06. The van der Waals surface area contributed by atoms with Gasteiger partial charge in [-0.1, -0.05) is 13.8 Å². The molecule has 1 aliphatic rings. The van der Waals surface area contributed by atoms with E-state index in [0.29, 0.717) is 6.61 Å². The molecular formula is C13H21NO2. The second-order valence-corrected chi connectivity index (χ2v) is 3.59. The predicted molar refractivity (Wildman–Crippen MR) is 64.8 cm³/mol. The molecule has 0 amide bonds. The van der Waals surface area contributed by atoms with E-state index in [1.54, 1.807) is 12.4 Å². The van der Waals surface area contributed by atoms with Gasteiger partial charge in [0.1, 0.15) is 12.4 Å². The van der Waals surface area contributed by atoms with Gasteiger partial charge in [-0.15, -0.1) is 0 Å². The van der Waals surface area contributed by atoms with Gasteiger partial charge < -0.3 is 9.47 Å². The highest BCUT2D eigenvalue weighted by Gasteiger charge is 2.16. The van der Waals surface area contributed by atoms with Crippen molar-refractivity contribution in [3.8, 4) is 5.75 Å². The Labute approximate surface area is 97.8 Å². The van der Waals surface area contributed by atoms with Gasteiger partial charge in [-0.2, -0.15) is 0 Å². The number of rotatable bonds is 3. The third kappa shape index (κ3) is 3.81. The zero-order valence-electron chi connectivity index (χ0n) is 10.4. The van der Waals surface area contributed by atoms with E-state index < -0.39 is 0 Å². The van der Waals surface area contributed by atoms with Crippen LogP contribution in [-0.2, 0) is 4.74 Å². The summed E-state index contributed by atoms with van der Waals surface area (Å²) in [7, 11) is 0. The largest absolute Gasteiger partial charge is 0.489 e. The summed E-state index contributed by atoms with van der Waals surface area (Å²) in [4.78, 5) is 4.02. The second kappa shape index (κ2) is 7.23. The lowest BCUT2D eigenvalue weighted by Gasteiger charge is -2.12. The maximum atomic E-state index is 5.63. The van der Waals surface area contributed by atoms with Crippen LogP contribution in [0.2, 0.25) is 0 Å². The second-order valence-electron chi connectivity index (χ2n) is 3.59. The van der Waals surface area contributed by atoms with Crippen LogP contribution in [0.4, 0.5) is 0 Å². The monoisotopic (exact) mass is 223 g/mol. The van der Waals surface area contributed by atoms with E-state index in [0.717, 1.165) is 30.8 Å². The molecule has 90 valence electrons. The molecule has 2 heterocycles. The van der Waals surface area contributed by atoms with E-state index >= 15 is 0 Å². The smallest absolute Gasteiger partial charge is 0.140 e. The lowest BCUT2D eigenvalue weighted by atomic mass is 10.2. The molecular weight excluding hydrogens is 202 g/mol. The molecule has 0 spiro atoms. The normalized spacial score (nSPS) is 18.8. The van der Waals surface area contributed by atoms with Crippen LogP contribution in [0.25, 0.3) is 0 Å². The molecule has 0 radical (unpaired) electrons. The van der Waals surface area contributed by atoms with Crippen LogP contribution in [-0.4, -0.2) is 24.3 Å². The molecule has 1 aromatic heterocycles. The standard InChI is InChI=1S/C11H15NO2.C2H6/c1-9-4-5-12-7-11(9)14-8-10-3-2-6-13-10;1-2/h4-5,7,10H,2-3,6,8H2,1H3;1-2H3. The first-order valence-corrected chi connectivity index (χ1v) is 6.01. The van der Waals surface area contributed by atoms with E-state index in [2.05, 4.69) is 4.98 Å². The first kappa shape index (κ1) is 13.0. The molecule has 1 aliphatic heterocycles. The third-order valence-electron chi connectivity index (χ3n) is 2.44. The Morgan fingerprint density at radius 1 is 1.50 bits per heavy atom. The number of hydrogen-bond acceptors (Lipinski definition) is 3. The fourth-order valence-electron chi connectivity index (χ4n) is 1.56. The quantitative estimate of drug-likeness (QED) is 0.789. The Balaban J connectivity index is 0.000000606. The molecule has 16 heavy (non-hydrogen) atoms. The summed E-state index contributed by atoms with van der Waals surface area (Å²) in [6.45, 7) is 7.54. The molecule has 1 aromatic rings. The van der Waals surface area contributed by atoms with Crippen molar-refractivity contribution in [2.24, 2.45) is 0 Å². The average Bonchev–Trinajstić information content (AvgIpc) is 2.84. The van der Waals surface area contributed by atoms with Gasteiger partial charge in [0.2, 0.25) is 0 Å². The third-order valence-corrected chi connectivity index (χ3v) is 2.44. The minimum absolute atomic E-state index is 0.273. The van der Waals surface area contributed by atoms with Gasteiger partial charge >= 0.3 is 0 Å². The fourth-order valence-corrected chi connectivity index (χ4v) is 1.56. The predicted octanol–water partition coefficient (Wildman–Crippen LogP) is 2.97. The van der Waals surface area contributed by atoms with Crippen LogP contribution in [0.5, 0.6) is 5.75 Å². The Morgan fingerprint density at radius 2 is 2.31 bits per heavy atom. The number of aromatic nitrogens is 1. The highest BCUT2D eigenvalue weighted by molar-refractivity contribution is 5.27. The summed E-state index contributed by atoms with van der Waals surface area (Å²) in [6, 6.07) is 1.95. The molecule has 0 N–H and O–H groups in total. The number of aryl methyl sites for hydroxylation is 1. The Morgan fingerprint density at radius 3 is 2.94 bits per heavy atom. The van der Waals surface area contributed by atoms with Crippen molar-refractivity contribution in [1.29, 1.82) is 0 Å². The molecule has 1 fully saturated rings. The molecule has 1 saturated heterocycles. The summed E-state index contributed by atoms with van der Waals surface area (Å²) in [5, 5.41) is 0. The molecule has 2 rings (SSSR count). The van der Waals surface area contributed by atoms with E-state index in [-0.39, 0.29) is 6.10 Å². The van der Waals surface area contributed by atoms with Crippen molar-refractivity contribution >= 4 is 0 Å². The van der Waals surface area contributed by atoms with Gasteiger partial charge in [-0.05, 0) is 31.4 Å². The highest BCUT2D eigenvalue weighted by atomic mass is 16.5. The minimum atomic E-state index is 0.273. The first-order valence-electron chi connectivity index (χ1n) is 6.01. The maximum Gasteiger partial charge on any atom is 0.140 e. The summed E-state index contributed by atoms with van der Waals surface area (Å²) in [5.41, 5.74) is 1.12. The molecule has 1 unspecified atom stereocenters. The molecule has 3 nitrogen and oxygen atoms in total. The lowest BCUT2D eigenvalue weighted by Crippen LogP contribution is -2.16. The zero-order valence-corrected chi connectivity index (χ0v) is 10.4. The van der Waals surface area contributed by atoms with Crippen LogP contribution in [0.3, 0.4) is 0 Å². The zero-order chi connectivity index (χ0) is 11.8. The molecule has 1 atom stereocenters. The van der Waals surface area contributed by atoms with Gasteiger partial charge in [-0.3, -0.25) is 4.98 Å². The van der Waals surface area contributed by atoms with Crippen molar-refractivity contribution in [2.45, 2.75) is 39.7 Å². The molecule has 0 bridgehead atoms. The Bertz CT molecular complexity index is 296. The van der Waals surface area contributed by atoms with Gasteiger partial charge in [0, 0.05) is 12.8 Å². The summed E-state index contributed by atoms with van der Waals surface area (Å²) >= 11 is 0. The van der Waals surface area contributed by atoms with Gasteiger partial charge in [-0.25, -0.2) is 0 Å². The van der Waals surface area contributed by atoms with E-state index in [4.69, 9.17) is 9.47 Å². The highest BCUT2D eigenvalue weighted by Crippen LogP contribution is 2.17.